The number of rotatable bonds is 3. The Bertz CT molecular complexity index is 441. The third kappa shape index (κ3) is 2.66. The van der Waals surface area contributed by atoms with Gasteiger partial charge in [-0.15, -0.1) is 5.10 Å². The van der Waals surface area contributed by atoms with E-state index in [9.17, 15) is 8.78 Å². The van der Waals surface area contributed by atoms with Gasteiger partial charge in [-0.05, 0) is 12.1 Å². The summed E-state index contributed by atoms with van der Waals surface area (Å²) in [5.74, 6) is -2.39. The zero-order valence-corrected chi connectivity index (χ0v) is 8.45. The van der Waals surface area contributed by atoms with Gasteiger partial charge in [-0.25, -0.2) is 8.78 Å². The van der Waals surface area contributed by atoms with E-state index in [0.717, 1.165) is 12.3 Å². The molecule has 0 aliphatic carbocycles. The SMILES string of the molecule is COc1c(F)ccc(C=NN=C(N)N)c1F. The van der Waals surface area contributed by atoms with Crippen molar-refractivity contribution in [1.82, 2.24) is 0 Å². The molecule has 7 heteroatoms. The Morgan fingerprint density at radius 3 is 2.62 bits per heavy atom. The molecule has 0 heterocycles. The number of guanidine groups is 1. The van der Waals surface area contributed by atoms with Crippen LogP contribution < -0.4 is 16.2 Å². The fraction of sp³-hybridized carbons (Fsp3) is 0.111. The lowest BCUT2D eigenvalue weighted by Crippen LogP contribution is -2.21. The highest BCUT2D eigenvalue weighted by molar-refractivity contribution is 5.82. The highest BCUT2D eigenvalue weighted by Gasteiger charge is 2.12. The maximum absolute atomic E-state index is 13.5. The molecule has 0 aromatic heterocycles. The Balaban J connectivity index is 3.07. The molecule has 5 nitrogen and oxygen atoms in total. The maximum Gasteiger partial charge on any atom is 0.211 e. The van der Waals surface area contributed by atoms with Crippen LogP contribution in [-0.2, 0) is 0 Å². The Labute approximate surface area is 90.4 Å². The summed E-state index contributed by atoms with van der Waals surface area (Å²) in [5.41, 5.74) is 10.0. The molecule has 4 N–H and O–H groups in total. The number of nitrogens with two attached hydrogens (primary N) is 2. The molecule has 0 saturated carbocycles. The van der Waals surface area contributed by atoms with Crippen molar-refractivity contribution < 1.29 is 13.5 Å². The third-order valence-corrected chi connectivity index (χ3v) is 1.65. The van der Waals surface area contributed by atoms with E-state index in [4.69, 9.17) is 11.5 Å². The second-order valence-electron chi connectivity index (χ2n) is 2.75. The highest BCUT2D eigenvalue weighted by atomic mass is 19.1. The second-order valence-corrected chi connectivity index (χ2v) is 2.75. The molecule has 0 unspecified atom stereocenters. The predicted molar refractivity (Wildman–Crippen MR) is 56.3 cm³/mol. The zero-order chi connectivity index (χ0) is 12.1. The van der Waals surface area contributed by atoms with Gasteiger partial charge in [0, 0.05) is 5.56 Å². The van der Waals surface area contributed by atoms with E-state index >= 15 is 0 Å². The molecular weight excluding hydrogens is 218 g/mol. The fourth-order valence-corrected chi connectivity index (χ4v) is 0.992. The van der Waals surface area contributed by atoms with Crippen molar-refractivity contribution in [3.8, 4) is 5.75 Å². The smallest absolute Gasteiger partial charge is 0.211 e. The van der Waals surface area contributed by atoms with Gasteiger partial charge in [0.05, 0.1) is 13.3 Å². The summed E-state index contributed by atoms with van der Waals surface area (Å²) in [5, 5.41) is 6.68. The van der Waals surface area contributed by atoms with Crippen LogP contribution in [0.3, 0.4) is 0 Å². The molecular formula is C9H10F2N4O. The van der Waals surface area contributed by atoms with E-state index in [1.807, 2.05) is 0 Å². The molecule has 1 aromatic carbocycles. The molecule has 0 aliphatic rings. The van der Waals surface area contributed by atoms with E-state index in [2.05, 4.69) is 14.9 Å². The quantitative estimate of drug-likeness (QED) is 0.450. The molecule has 0 amide bonds. The molecule has 0 saturated heterocycles. The van der Waals surface area contributed by atoms with Crippen molar-refractivity contribution in [3.05, 3.63) is 29.3 Å². The first-order chi connectivity index (χ1) is 7.56. The molecule has 0 radical (unpaired) electrons. The molecule has 1 rings (SSSR count). The van der Waals surface area contributed by atoms with Crippen molar-refractivity contribution in [2.75, 3.05) is 7.11 Å². The summed E-state index contributed by atoms with van der Waals surface area (Å²) in [4.78, 5) is 0. The lowest BCUT2D eigenvalue weighted by Gasteiger charge is -2.04. The van der Waals surface area contributed by atoms with E-state index in [1.165, 1.54) is 13.2 Å². The minimum atomic E-state index is -0.864. The van der Waals surface area contributed by atoms with Crippen LogP contribution in [0.25, 0.3) is 0 Å². The van der Waals surface area contributed by atoms with Gasteiger partial charge in [0.15, 0.2) is 17.4 Å². The molecule has 0 atom stereocenters. The van der Waals surface area contributed by atoms with Crippen LogP contribution in [0.15, 0.2) is 22.3 Å². The first-order valence-corrected chi connectivity index (χ1v) is 4.20. The van der Waals surface area contributed by atoms with Gasteiger partial charge in [-0.3, -0.25) is 0 Å². The third-order valence-electron chi connectivity index (χ3n) is 1.65. The summed E-state index contributed by atoms with van der Waals surface area (Å²) < 4.78 is 31.0. The van der Waals surface area contributed by atoms with E-state index in [0.29, 0.717) is 0 Å². The molecule has 16 heavy (non-hydrogen) atoms. The van der Waals surface area contributed by atoms with Crippen molar-refractivity contribution >= 4 is 12.2 Å². The zero-order valence-electron chi connectivity index (χ0n) is 8.45. The van der Waals surface area contributed by atoms with Gasteiger partial charge in [0.2, 0.25) is 5.96 Å². The molecule has 0 spiro atoms. The predicted octanol–water partition coefficient (Wildman–Crippen LogP) is 0.581. The number of methoxy groups -OCH3 is 1. The average molecular weight is 228 g/mol. The van der Waals surface area contributed by atoms with Crippen molar-refractivity contribution in [3.63, 3.8) is 0 Å². The van der Waals surface area contributed by atoms with Gasteiger partial charge in [0.25, 0.3) is 0 Å². The van der Waals surface area contributed by atoms with E-state index < -0.39 is 17.4 Å². The topological polar surface area (TPSA) is 86.0 Å². The Morgan fingerprint density at radius 1 is 1.38 bits per heavy atom. The Kier molecular flexibility index (Phi) is 3.76. The van der Waals surface area contributed by atoms with Crippen LogP contribution in [0.1, 0.15) is 5.56 Å². The van der Waals surface area contributed by atoms with Gasteiger partial charge in [-0.1, -0.05) is 0 Å². The van der Waals surface area contributed by atoms with Gasteiger partial charge in [0.1, 0.15) is 0 Å². The summed E-state index contributed by atoms with van der Waals surface area (Å²) in [7, 11) is 1.17. The van der Waals surface area contributed by atoms with E-state index in [-0.39, 0.29) is 11.5 Å². The lowest BCUT2D eigenvalue weighted by molar-refractivity contribution is 0.359. The van der Waals surface area contributed by atoms with Crippen molar-refractivity contribution in [2.24, 2.45) is 21.7 Å². The van der Waals surface area contributed by atoms with Gasteiger partial charge < -0.3 is 16.2 Å². The van der Waals surface area contributed by atoms with Crippen molar-refractivity contribution in [1.29, 1.82) is 0 Å². The highest BCUT2D eigenvalue weighted by Crippen LogP contribution is 2.23. The first kappa shape index (κ1) is 11.9. The van der Waals surface area contributed by atoms with Crippen LogP contribution in [0.4, 0.5) is 8.78 Å². The number of benzene rings is 1. The molecule has 1 aromatic rings. The fourth-order valence-electron chi connectivity index (χ4n) is 0.992. The van der Waals surface area contributed by atoms with Crippen LogP contribution in [0.5, 0.6) is 5.75 Å². The number of ether oxygens (including phenoxy) is 1. The van der Waals surface area contributed by atoms with Crippen LogP contribution >= 0.6 is 0 Å². The number of hydrogen-bond donors (Lipinski definition) is 2. The van der Waals surface area contributed by atoms with E-state index in [1.54, 1.807) is 0 Å². The van der Waals surface area contributed by atoms with Crippen molar-refractivity contribution in [2.45, 2.75) is 0 Å². The normalized spacial score (nSPS) is 10.4. The minimum absolute atomic E-state index is 0.0169. The summed E-state index contributed by atoms with van der Waals surface area (Å²) in [6, 6.07) is 2.25. The van der Waals surface area contributed by atoms with Crippen LogP contribution in [0, 0.1) is 11.6 Å². The maximum atomic E-state index is 13.5. The minimum Gasteiger partial charge on any atom is -0.491 e. The van der Waals surface area contributed by atoms with Gasteiger partial charge >= 0.3 is 0 Å². The lowest BCUT2D eigenvalue weighted by atomic mass is 10.2. The number of nitrogens with zero attached hydrogens (tertiary/aromatic N) is 2. The summed E-state index contributed by atoms with van der Waals surface area (Å²) >= 11 is 0. The van der Waals surface area contributed by atoms with Crippen LogP contribution in [-0.4, -0.2) is 19.3 Å². The monoisotopic (exact) mass is 228 g/mol. The molecule has 86 valence electrons. The molecule has 0 aliphatic heterocycles. The number of hydrogen-bond acceptors (Lipinski definition) is 3. The second kappa shape index (κ2) is 5.06. The number of halogens is 2. The standard InChI is InChI=1S/C9H10F2N4O/c1-16-8-6(10)3-2-5(7(8)11)4-14-15-9(12)13/h2-4H,1H3,(H4,12,13,15). The Hall–Kier alpha value is -2.18. The largest absolute Gasteiger partial charge is 0.491 e. The van der Waals surface area contributed by atoms with Gasteiger partial charge in [-0.2, -0.15) is 5.10 Å². The average Bonchev–Trinajstić information content (AvgIpc) is 2.22. The summed E-state index contributed by atoms with van der Waals surface area (Å²) in [6.45, 7) is 0. The van der Waals surface area contributed by atoms with Crippen LogP contribution in [0.2, 0.25) is 0 Å². The molecule has 0 bridgehead atoms. The molecule has 0 fully saturated rings. The Morgan fingerprint density at radius 2 is 2.06 bits per heavy atom. The summed E-state index contributed by atoms with van der Waals surface area (Å²) in [6.07, 6.45) is 1.05. The first-order valence-electron chi connectivity index (χ1n) is 4.20.